The van der Waals surface area contributed by atoms with Crippen LogP contribution in [-0.2, 0) is 4.79 Å². The zero-order chi connectivity index (χ0) is 11.8. The Labute approximate surface area is 99.4 Å². The predicted octanol–water partition coefficient (Wildman–Crippen LogP) is 2.30. The molecule has 2 N–H and O–H groups in total. The van der Waals surface area contributed by atoms with E-state index in [0.29, 0.717) is 0 Å². The monoisotopic (exact) mass is 226 g/mol. The molecule has 0 radical (unpaired) electrons. The summed E-state index contributed by atoms with van der Waals surface area (Å²) in [6.07, 6.45) is 9.61. The number of nitrogens with two attached hydrogens (primary N) is 1. The van der Waals surface area contributed by atoms with Crippen LogP contribution in [0.3, 0.4) is 0 Å². The number of piperidine rings is 1. The summed E-state index contributed by atoms with van der Waals surface area (Å²) in [5, 5.41) is 0. The van der Waals surface area contributed by atoms with Crippen LogP contribution in [0, 0.1) is 0 Å². The summed E-state index contributed by atoms with van der Waals surface area (Å²) in [6, 6.07) is -0.228. The second-order valence-electron chi connectivity index (χ2n) is 4.84. The SMILES string of the molecule is CCCCCCCCN1CCCC(N)C1=O. The van der Waals surface area contributed by atoms with Crippen molar-refractivity contribution < 1.29 is 4.79 Å². The molecular weight excluding hydrogens is 200 g/mol. The maximum absolute atomic E-state index is 11.7. The minimum absolute atomic E-state index is 0.166. The first kappa shape index (κ1) is 13.5. The van der Waals surface area contributed by atoms with Gasteiger partial charge in [0, 0.05) is 13.1 Å². The van der Waals surface area contributed by atoms with Crippen LogP contribution >= 0.6 is 0 Å². The van der Waals surface area contributed by atoms with E-state index in [1.807, 2.05) is 4.90 Å². The Kier molecular flexibility index (Phi) is 6.46. The molecule has 1 aliphatic rings. The van der Waals surface area contributed by atoms with E-state index in [0.717, 1.165) is 32.4 Å². The van der Waals surface area contributed by atoms with Gasteiger partial charge in [-0.25, -0.2) is 0 Å². The summed E-state index contributed by atoms with van der Waals surface area (Å²) >= 11 is 0. The maximum atomic E-state index is 11.7. The van der Waals surface area contributed by atoms with Crippen LogP contribution in [0.5, 0.6) is 0 Å². The third-order valence-electron chi connectivity index (χ3n) is 3.35. The van der Waals surface area contributed by atoms with Gasteiger partial charge >= 0.3 is 0 Å². The normalized spacial score (nSPS) is 21.5. The lowest BCUT2D eigenvalue weighted by Gasteiger charge is -2.30. The molecule has 0 aromatic carbocycles. The van der Waals surface area contributed by atoms with Gasteiger partial charge in [0.15, 0.2) is 0 Å². The summed E-state index contributed by atoms with van der Waals surface area (Å²) in [6.45, 7) is 4.06. The van der Waals surface area contributed by atoms with Crippen molar-refractivity contribution in [3.8, 4) is 0 Å². The van der Waals surface area contributed by atoms with E-state index in [-0.39, 0.29) is 11.9 Å². The molecule has 0 bridgehead atoms. The number of likely N-dealkylation sites (tertiary alicyclic amines) is 1. The van der Waals surface area contributed by atoms with Gasteiger partial charge in [-0.15, -0.1) is 0 Å². The Morgan fingerprint density at radius 3 is 2.69 bits per heavy atom. The van der Waals surface area contributed by atoms with Gasteiger partial charge in [0.05, 0.1) is 6.04 Å². The van der Waals surface area contributed by atoms with Gasteiger partial charge in [-0.3, -0.25) is 4.79 Å². The molecule has 0 aromatic heterocycles. The van der Waals surface area contributed by atoms with Crippen LogP contribution in [0.2, 0.25) is 0 Å². The molecule has 0 aromatic rings. The third-order valence-corrected chi connectivity index (χ3v) is 3.35. The molecule has 1 fully saturated rings. The molecule has 94 valence electrons. The molecule has 3 heteroatoms. The predicted molar refractivity (Wildman–Crippen MR) is 67.2 cm³/mol. The van der Waals surface area contributed by atoms with E-state index in [9.17, 15) is 4.79 Å². The second kappa shape index (κ2) is 7.66. The number of carbonyl (C=O) groups excluding carboxylic acids is 1. The van der Waals surface area contributed by atoms with E-state index >= 15 is 0 Å². The molecule has 0 spiro atoms. The van der Waals surface area contributed by atoms with Crippen molar-refractivity contribution >= 4 is 5.91 Å². The van der Waals surface area contributed by atoms with Crippen LogP contribution in [0.25, 0.3) is 0 Å². The van der Waals surface area contributed by atoms with Crippen molar-refractivity contribution in [1.29, 1.82) is 0 Å². The molecule has 1 unspecified atom stereocenters. The highest BCUT2D eigenvalue weighted by molar-refractivity contribution is 5.82. The molecular formula is C13H26N2O. The number of hydrogen-bond donors (Lipinski definition) is 1. The van der Waals surface area contributed by atoms with Crippen molar-refractivity contribution in [3.63, 3.8) is 0 Å². The van der Waals surface area contributed by atoms with Gasteiger partial charge in [-0.05, 0) is 19.3 Å². The number of nitrogens with zero attached hydrogens (tertiary/aromatic N) is 1. The molecule has 0 aliphatic carbocycles. The fraction of sp³-hybridized carbons (Fsp3) is 0.923. The molecule has 0 saturated carbocycles. The lowest BCUT2D eigenvalue weighted by molar-refractivity contribution is -0.134. The van der Waals surface area contributed by atoms with Crippen molar-refractivity contribution in [1.82, 2.24) is 4.90 Å². The highest BCUT2D eigenvalue weighted by Crippen LogP contribution is 2.12. The Hall–Kier alpha value is -0.570. The van der Waals surface area contributed by atoms with Crippen LogP contribution in [0.1, 0.15) is 58.3 Å². The molecule has 1 aliphatic heterocycles. The topological polar surface area (TPSA) is 46.3 Å². The Bertz CT molecular complexity index is 206. The number of carbonyl (C=O) groups is 1. The first-order chi connectivity index (χ1) is 7.75. The highest BCUT2D eigenvalue weighted by atomic mass is 16.2. The van der Waals surface area contributed by atoms with Gasteiger partial charge in [0.2, 0.25) is 5.91 Å². The van der Waals surface area contributed by atoms with Crippen LogP contribution in [0.15, 0.2) is 0 Å². The lowest BCUT2D eigenvalue weighted by atomic mass is 10.0. The Morgan fingerprint density at radius 1 is 1.25 bits per heavy atom. The molecule has 1 atom stereocenters. The van der Waals surface area contributed by atoms with Crippen molar-refractivity contribution in [2.45, 2.75) is 64.3 Å². The quantitative estimate of drug-likeness (QED) is 0.677. The van der Waals surface area contributed by atoms with Crippen molar-refractivity contribution in [2.75, 3.05) is 13.1 Å². The maximum Gasteiger partial charge on any atom is 0.239 e. The van der Waals surface area contributed by atoms with Crippen molar-refractivity contribution in [2.24, 2.45) is 5.73 Å². The summed E-state index contributed by atoms with van der Waals surface area (Å²) in [5.41, 5.74) is 5.75. The Balaban J connectivity index is 2.05. The molecule has 16 heavy (non-hydrogen) atoms. The molecule has 1 amide bonds. The van der Waals surface area contributed by atoms with Gasteiger partial charge < -0.3 is 10.6 Å². The summed E-state index contributed by atoms with van der Waals surface area (Å²) in [5.74, 6) is 0.166. The zero-order valence-corrected chi connectivity index (χ0v) is 10.6. The molecule has 1 rings (SSSR count). The first-order valence-electron chi connectivity index (χ1n) is 6.80. The minimum Gasteiger partial charge on any atom is -0.341 e. The van der Waals surface area contributed by atoms with Gasteiger partial charge in [-0.1, -0.05) is 39.0 Å². The Morgan fingerprint density at radius 2 is 1.94 bits per heavy atom. The van der Waals surface area contributed by atoms with E-state index in [1.54, 1.807) is 0 Å². The number of amides is 1. The molecule has 1 heterocycles. The second-order valence-corrected chi connectivity index (χ2v) is 4.84. The summed E-state index contributed by atoms with van der Waals surface area (Å²) < 4.78 is 0. The first-order valence-corrected chi connectivity index (χ1v) is 6.80. The van der Waals surface area contributed by atoms with Gasteiger partial charge in [0.25, 0.3) is 0 Å². The fourth-order valence-electron chi connectivity index (χ4n) is 2.28. The number of hydrogen-bond acceptors (Lipinski definition) is 2. The van der Waals surface area contributed by atoms with Crippen LogP contribution < -0.4 is 5.73 Å². The van der Waals surface area contributed by atoms with E-state index in [4.69, 9.17) is 5.73 Å². The molecule has 3 nitrogen and oxygen atoms in total. The average Bonchev–Trinajstić information content (AvgIpc) is 2.29. The summed E-state index contributed by atoms with van der Waals surface area (Å²) in [7, 11) is 0. The van der Waals surface area contributed by atoms with Crippen LogP contribution in [0.4, 0.5) is 0 Å². The van der Waals surface area contributed by atoms with E-state index < -0.39 is 0 Å². The lowest BCUT2D eigenvalue weighted by Crippen LogP contribution is -2.48. The molecule has 1 saturated heterocycles. The fourth-order valence-corrected chi connectivity index (χ4v) is 2.28. The standard InChI is InChI=1S/C13H26N2O/c1-2-3-4-5-6-7-10-15-11-8-9-12(14)13(15)16/h12H,2-11,14H2,1H3. The summed E-state index contributed by atoms with van der Waals surface area (Å²) in [4.78, 5) is 13.6. The van der Waals surface area contributed by atoms with E-state index in [1.165, 1.54) is 32.1 Å². The average molecular weight is 226 g/mol. The minimum atomic E-state index is -0.228. The highest BCUT2D eigenvalue weighted by Gasteiger charge is 2.24. The van der Waals surface area contributed by atoms with E-state index in [2.05, 4.69) is 6.92 Å². The van der Waals surface area contributed by atoms with Crippen molar-refractivity contribution in [3.05, 3.63) is 0 Å². The largest absolute Gasteiger partial charge is 0.341 e. The zero-order valence-electron chi connectivity index (χ0n) is 10.6. The van der Waals surface area contributed by atoms with Crippen LogP contribution in [-0.4, -0.2) is 29.9 Å². The number of unbranched alkanes of at least 4 members (excludes halogenated alkanes) is 5. The smallest absolute Gasteiger partial charge is 0.239 e. The number of rotatable bonds is 7. The third kappa shape index (κ3) is 4.52. The van der Waals surface area contributed by atoms with Gasteiger partial charge in [-0.2, -0.15) is 0 Å². The van der Waals surface area contributed by atoms with Gasteiger partial charge in [0.1, 0.15) is 0 Å².